The molecule has 3 aliphatic rings. The fourth-order valence-electron chi connectivity index (χ4n) is 7.90. The number of hydrogen-bond acceptors (Lipinski definition) is 12. The fraction of sp³-hybridized carbons (Fsp3) is 0.811. The Balaban J connectivity index is 2.32. The third-order valence-corrected chi connectivity index (χ3v) is 10.5. The number of rotatable bonds is 5. The van der Waals surface area contributed by atoms with E-state index in [9.17, 15) is 24.3 Å². The van der Waals surface area contributed by atoms with Gasteiger partial charge in [-0.15, -0.1) is 0 Å². The first-order chi connectivity index (χ1) is 23.1. The quantitative estimate of drug-likeness (QED) is 0.251. The molecule has 284 valence electrons. The van der Waals surface area contributed by atoms with Gasteiger partial charge in [0.1, 0.15) is 17.6 Å². The number of amides is 1. The van der Waals surface area contributed by atoms with Gasteiger partial charge in [0, 0.05) is 31.4 Å². The molecule has 2 bridgehead atoms. The number of esters is 2. The molecule has 1 N–H and O–H groups in total. The standard InChI is InChI=1S/C37H60N2O11/c1-14-28-37(11,44)33-22(5)29(38-25(8)40)20(3)16-36(10,46-18-19(2)17-45-33)32(23(6)30(42)24(7)34(43)49-28)50-35-31(48-26(9)41)27(39(12)13)15-21(4)47-35/h20-24,27-28,31-33,35,44H,2,14-18H2,1,3-13H3/t20-,21-,22-,23+,24?,27+,28+,31-,32-,33+,35+,36-,37-/m1/s1. The molecule has 1 unspecified atom stereocenters. The van der Waals surface area contributed by atoms with E-state index < -0.39 is 89.2 Å². The molecule has 0 saturated carbocycles. The number of ketones is 1. The molecule has 13 heteroatoms. The number of Topliss-reactive ketones (excluding diaryl/α,β-unsaturated/α-hetero) is 1. The zero-order valence-corrected chi connectivity index (χ0v) is 32.0. The third kappa shape index (κ3) is 9.46. The fourth-order valence-corrected chi connectivity index (χ4v) is 7.90. The van der Waals surface area contributed by atoms with E-state index >= 15 is 0 Å². The van der Waals surface area contributed by atoms with Gasteiger partial charge in [0.2, 0.25) is 5.91 Å². The average Bonchev–Trinajstić information content (AvgIpc) is 3.03. The number of carbonyl (C=O) groups excluding carboxylic acids is 4. The van der Waals surface area contributed by atoms with Gasteiger partial charge in [-0.25, -0.2) is 4.99 Å². The van der Waals surface area contributed by atoms with Crippen molar-refractivity contribution in [2.24, 2.45) is 28.7 Å². The molecule has 3 fully saturated rings. The average molecular weight is 709 g/mol. The van der Waals surface area contributed by atoms with Gasteiger partial charge in [0.05, 0.1) is 43.2 Å². The van der Waals surface area contributed by atoms with Crippen LogP contribution in [0.4, 0.5) is 0 Å². The van der Waals surface area contributed by atoms with E-state index in [0.29, 0.717) is 17.7 Å². The first-order valence-corrected chi connectivity index (χ1v) is 17.8. The zero-order chi connectivity index (χ0) is 37.9. The number of cyclic esters (lactones) is 1. The summed E-state index contributed by atoms with van der Waals surface area (Å²) >= 11 is 0. The molecule has 13 nitrogen and oxygen atoms in total. The van der Waals surface area contributed by atoms with Crippen LogP contribution in [0.2, 0.25) is 0 Å². The summed E-state index contributed by atoms with van der Waals surface area (Å²) < 4.78 is 38.0. The van der Waals surface area contributed by atoms with Crippen molar-refractivity contribution in [3.05, 3.63) is 12.2 Å². The predicted molar refractivity (Wildman–Crippen MR) is 185 cm³/mol. The van der Waals surface area contributed by atoms with Crippen molar-refractivity contribution in [3.63, 3.8) is 0 Å². The number of fused-ring (bicyclic) bond motifs is 5. The van der Waals surface area contributed by atoms with Crippen molar-refractivity contribution in [3.8, 4) is 0 Å². The van der Waals surface area contributed by atoms with Gasteiger partial charge >= 0.3 is 11.9 Å². The van der Waals surface area contributed by atoms with Crippen molar-refractivity contribution in [2.45, 2.75) is 143 Å². The maximum atomic E-state index is 14.3. The van der Waals surface area contributed by atoms with Crippen LogP contribution in [0.25, 0.3) is 0 Å². The Kier molecular flexibility index (Phi) is 14.1. The molecule has 1 amide bonds. The first-order valence-electron chi connectivity index (χ1n) is 17.8. The highest BCUT2D eigenvalue weighted by atomic mass is 16.7. The maximum Gasteiger partial charge on any atom is 0.316 e. The number of hydrogen-bond donors (Lipinski definition) is 1. The molecule has 0 spiro atoms. The van der Waals surface area contributed by atoms with Gasteiger partial charge < -0.3 is 38.4 Å². The van der Waals surface area contributed by atoms with E-state index in [1.165, 1.54) is 27.7 Å². The van der Waals surface area contributed by atoms with Crippen LogP contribution in [-0.2, 0) is 47.6 Å². The van der Waals surface area contributed by atoms with Crippen LogP contribution < -0.4 is 0 Å². The Morgan fingerprint density at radius 1 is 1.06 bits per heavy atom. The lowest BCUT2D eigenvalue weighted by Gasteiger charge is -2.48. The largest absolute Gasteiger partial charge is 0.459 e. The molecule has 3 saturated heterocycles. The van der Waals surface area contributed by atoms with Crippen LogP contribution in [0.15, 0.2) is 17.1 Å². The number of likely N-dealkylation sites (N-methyl/N-ethyl adjacent to an activating group) is 1. The lowest BCUT2D eigenvalue weighted by molar-refractivity contribution is -0.299. The Morgan fingerprint density at radius 2 is 1.70 bits per heavy atom. The van der Waals surface area contributed by atoms with Crippen molar-refractivity contribution in [2.75, 3.05) is 27.3 Å². The second kappa shape index (κ2) is 16.9. The Hall–Kier alpha value is -2.55. The summed E-state index contributed by atoms with van der Waals surface area (Å²) in [6, 6.07) is -0.269. The summed E-state index contributed by atoms with van der Waals surface area (Å²) in [5.74, 6) is -5.55. The molecule has 13 atom stereocenters. The normalized spacial score (nSPS) is 41.9. The minimum Gasteiger partial charge on any atom is -0.459 e. The van der Waals surface area contributed by atoms with Crippen molar-refractivity contribution in [1.82, 2.24) is 4.90 Å². The molecule has 3 rings (SSSR count). The van der Waals surface area contributed by atoms with Crippen LogP contribution in [0.1, 0.15) is 88.5 Å². The molecule has 0 aliphatic carbocycles. The van der Waals surface area contributed by atoms with Gasteiger partial charge in [0.25, 0.3) is 0 Å². The summed E-state index contributed by atoms with van der Waals surface area (Å²) in [6.45, 7) is 20.7. The molecule has 0 aromatic heterocycles. The lowest BCUT2D eigenvalue weighted by Crippen LogP contribution is -2.60. The topological polar surface area (TPSA) is 159 Å². The lowest BCUT2D eigenvalue weighted by atomic mass is 9.73. The summed E-state index contributed by atoms with van der Waals surface area (Å²) in [7, 11) is 3.76. The first kappa shape index (κ1) is 41.9. The molecule has 3 heterocycles. The van der Waals surface area contributed by atoms with Gasteiger partial charge in [-0.2, -0.15) is 0 Å². The Morgan fingerprint density at radius 3 is 2.26 bits per heavy atom. The van der Waals surface area contributed by atoms with Gasteiger partial charge in [-0.1, -0.05) is 34.3 Å². The van der Waals surface area contributed by atoms with Crippen LogP contribution in [-0.4, -0.2) is 121 Å². The zero-order valence-electron chi connectivity index (χ0n) is 32.0. The van der Waals surface area contributed by atoms with Gasteiger partial charge in [0.15, 0.2) is 18.2 Å². The predicted octanol–water partition coefficient (Wildman–Crippen LogP) is 3.68. The van der Waals surface area contributed by atoms with E-state index in [0.717, 1.165) is 0 Å². The van der Waals surface area contributed by atoms with E-state index in [4.69, 9.17) is 28.4 Å². The Labute approximate surface area is 297 Å². The summed E-state index contributed by atoms with van der Waals surface area (Å²) in [5.41, 5.74) is -2.06. The van der Waals surface area contributed by atoms with Gasteiger partial charge in [-0.05, 0) is 72.5 Å². The smallest absolute Gasteiger partial charge is 0.316 e. The van der Waals surface area contributed by atoms with E-state index in [1.54, 1.807) is 13.8 Å². The summed E-state index contributed by atoms with van der Waals surface area (Å²) in [4.78, 5) is 59.4. The minimum atomic E-state index is -1.76. The maximum absolute atomic E-state index is 14.3. The summed E-state index contributed by atoms with van der Waals surface area (Å²) in [5, 5.41) is 12.1. The van der Waals surface area contributed by atoms with E-state index in [-0.39, 0.29) is 38.2 Å². The van der Waals surface area contributed by atoms with E-state index in [1.807, 2.05) is 46.7 Å². The minimum absolute atomic E-state index is 0.00420. The second-order valence-corrected chi connectivity index (χ2v) is 15.2. The summed E-state index contributed by atoms with van der Waals surface area (Å²) in [6.07, 6.45) is -4.42. The molecule has 50 heavy (non-hydrogen) atoms. The number of carbonyl (C=O) groups is 4. The van der Waals surface area contributed by atoms with Crippen molar-refractivity contribution in [1.29, 1.82) is 0 Å². The van der Waals surface area contributed by atoms with Crippen LogP contribution in [0.5, 0.6) is 0 Å². The second-order valence-electron chi connectivity index (χ2n) is 15.2. The van der Waals surface area contributed by atoms with Crippen molar-refractivity contribution >= 4 is 29.3 Å². The highest BCUT2D eigenvalue weighted by Gasteiger charge is 2.53. The SMILES string of the molecule is C=C1CO[C@H]2[C@H](C)C(=NC(C)=O)[C@H](C)C[C@@](C)(OC1)[C@H](O[C@@H]1O[C@H](C)C[C@H](N(C)C)[C@H]1OC(C)=O)[C@@H](C)C(=O)C(C)C(=O)O[C@@H](CC)[C@@]2(C)O. The highest BCUT2D eigenvalue weighted by molar-refractivity contribution is 6.00. The number of aliphatic hydroxyl groups is 1. The highest BCUT2D eigenvalue weighted by Crippen LogP contribution is 2.40. The number of ether oxygens (including phenoxy) is 6. The molecular weight excluding hydrogens is 648 g/mol. The van der Waals surface area contributed by atoms with Gasteiger partial charge in [-0.3, -0.25) is 19.2 Å². The van der Waals surface area contributed by atoms with Crippen LogP contribution in [0.3, 0.4) is 0 Å². The molecular formula is C37H60N2O11. The van der Waals surface area contributed by atoms with Crippen LogP contribution in [0, 0.1) is 23.7 Å². The number of nitrogens with zero attached hydrogens (tertiary/aromatic N) is 2. The number of aliphatic imine (C=N–C) groups is 1. The monoisotopic (exact) mass is 708 g/mol. The van der Waals surface area contributed by atoms with Crippen LogP contribution >= 0.6 is 0 Å². The molecule has 0 radical (unpaired) electrons. The molecule has 0 aromatic rings. The molecule has 0 aromatic carbocycles. The Bertz CT molecular complexity index is 1300. The van der Waals surface area contributed by atoms with Crippen molar-refractivity contribution < 1.29 is 52.7 Å². The molecule has 3 aliphatic heterocycles. The third-order valence-electron chi connectivity index (χ3n) is 10.5. The van der Waals surface area contributed by atoms with E-state index in [2.05, 4.69) is 11.6 Å².